The molecule has 0 aliphatic rings. The fourth-order valence-corrected chi connectivity index (χ4v) is 6.30. The Morgan fingerprint density at radius 3 is 0.808 bits per heavy atom. The van der Waals surface area contributed by atoms with E-state index in [1.807, 2.05) is 0 Å². The third kappa shape index (κ3) is 14.0. The first-order valence-electron chi connectivity index (χ1n) is 10.1. The molecule has 0 aliphatic heterocycles. The molecule has 0 saturated carbocycles. The van der Waals surface area contributed by atoms with Crippen LogP contribution in [0, 0.1) is 0 Å². The van der Waals surface area contributed by atoms with Crippen molar-refractivity contribution in [1.29, 1.82) is 0 Å². The maximum Gasteiger partial charge on any atom is 0.120 e. The summed E-state index contributed by atoms with van der Waals surface area (Å²) in [6.45, 7) is 21.4. The van der Waals surface area contributed by atoms with E-state index in [0.717, 1.165) is 0 Å². The lowest BCUT2D eigenvalue weighted by Gasteiger charge is -2.45. The lowest BCUT2D eigenvalue weighted by atomic mass is 10.4. The van der Waals surface area contributed by atoms with E-state index in [-0.39, 0.29) is 20.8 Å². The van der Waals surface area contributed by atoms with Gasteiger partial charge in [-0.2, -0.15) is 0 Å². The van der Waals surface area contributed by atoms with Gasteiger partial charge in [0, 0.05) is 39.3 Å². The Hall–Kier alpha value is -0.0900. The largest absolute Gasteiger partial charge is 0.373 e. The van der Waals surface area contributed by atoms with Crippen LogP contribution < -0.4 is 0 Å². The van der Waals surface area contributed by atoms with Gasteiger partial charge in [0.1, 0.15) is 8.37 Å². The van der Waals surface area contributed by atoms with E-state index in [2.05, 4.69) is 55.6 Å². The molecule has 0 heterocycles. The predicted molar refractivity (Wildman–Crippen MR) is 121 cm³/mol. The standard InChI is InChI=1S/C18H42N3P.ClH.N3/c1-7-13-19(14-8-2)22(20(15-9-3)16-10-4)21(17-11-5)18-12-6;;1-3-2/h7-18H2,1-6H3;1H;/q;;-1. The van der Waals surface area contributed by atoms with Crippen LogP contribution in [0.1, 0.15) is 80.1 Å². The van der Waals surface area contributed by atoms with Crippen molar-refractivity contribution >= 4 is 20.8 Å². The van der Waals surface area contributed by atoms with E-state index >= 15 is 0 Å². The highest BCUT2D eigenvalue weighted by atomic mass is 35.5. The minimum absolute atomic E-state index is 0. The van der Waals surface area contributed by atoms with Gasteiger partial charge in [-0.05, 0) is 38.5 Å². The summed E-state index contributed by atoms with van der Waals surface area (Å²) in [5, 5.41) is 0. The molecular formula is C18H43ClN6P-. The van der Waals surface area contributed by atoms with Crippen LogP contribution in [0.5, 0.6) is 0 Å². The van der Waals surface area contributed by atoms with Crippen LogP contribution >= 0.6 is 20.8 Å². The SMILES string of the molecule is CCCN(CCC)P(N(CCC)CCC)N(CCC)CCC.Cl.[N-]=[N+]=[N-]. The molecule has 0 aromatic rings. The quantitative estimate of drug-likeness (QED) is 0.128. The summed E-state index contributed by atoms with van der Waals surface area (Å²) in [5.74, 6) is 0. The highest BCUT2D eigenvalue weighted by molar-refractivity contribution is 7.50. The van der Waals surface area contributed by atoms with E-state index in [0.29, 0.717) is 0 Å². The van der Waals surface area contributed by atoms with E-state index in [9.17, 15) is 0 Å². The molecule has 0 aromatic heterocycles. The smallest absolute Gasteiger partial charge is 0.120 e. The highest BCUT2D eigenvalue weighted by Gasteiger charge is 2.29. The second-order valence-corrected chi connectivity index (χ2v) is 8.45. The Kier molecular flexibility index (Phi) is 27.0. The van der Waals surface area contributed by atoms with Crippen molar-refractivity contribution in [1.82, 2.24) is 14.0 Å². The summed E-state index contributed by atoms with van der Waals surface area (Å²) >= 11 is 0. The molecule has 0 saturated heterocycles. The number of hydrogen-bond donors (Lipinski definition) is 0. The molecule has 0 radical (unpaired) electrons. The van der Waals surface area contributed by atoms with Crippen molar-refractivity contribution in [2.75, 3.05) is 39.3 Å². The van der Waals surface area contributed by atoms with E-state index in [4.69, 9.17) is 11.1 Å². The molecule has 0 bridgehead atoms. The minimum Gasteiger partial charge on any atom is -0.373 e. The molecule has 26 heavy (non-hydrogen) atoms. The molecule has 0 fully saturated rings. The summed E-state index contributed by atoms with van der Waals surface area (Å²) in [6, 6.07) is 0. The van der Waals surface area contributed by atoms with Crippen LogP contribution in [0.25, 0.3) is 16.0 Å². The first kappa shape index (κ1) is 30.6. The fraction of sp³-hybridized carbons (Fsp3) is 1.00. The summed E-state index contributed by atoms with van der Waals surface area (Å²) in [5.41, 5.74) is 13.5. The molecule has 0 spiro atoms. The van der Waals surface area contributed by atoms with Crippen LogP contribution in [-0.4, -0.2) is 53.3 Å². The zero-order valence-corrected chi connectivity index (χ0v) is 19.7. The predicted octanol–water partition coefficient (Wildman–Crippen LogP) is 6.87. The zero-order chi connectivity index (χ0) is 19.5. The van der Waals surface area contributed by atoms with E-state index in [1.165, 1.54) is 82.7 Å². The molecule has 6 nitrogen and oxygen atoms in total. The normalized spacial score (nSPS) is 10.7. The monoisotopic (exact) mass is 409 g/mol. The maximum atomic E-state index is 6.75. The van der Waals surface area contributed by atoms with Crippen molar-refractivity contribution < 1.29 is 0 Å². The molecule has 0 aromatic carbocycles. The lowest BCUT2D eigenvalue weighted by molar-refractivity contribution is 0.313. The van der Waals surface area contributed by atoms with E-state index < -0.39 is 0 Å². The molecule has 0 rings (SSSR count). The Bertz CT molecular complexity index is 260. The van der Waals surface area contributed by atoms with Crippen molar-refractivity contribution in [2.45, 2.75) is 80.1 Å². The number of nitrogens with zero attached hydrogens (tertiary/aromatic N) is 6. The Morgan fingerprint density at radius 1 is 0.538 bits per heavy atom. The van der Waals surface area contributed by atoms with Gasteiger partial charge in [0.2, 0.25) is 0 Å². The molecule has 158 valence electrons. The van der Waals surface area contributed by atoms with Gasteiger partial charge in [-0.1, -0.05) is 41.5 Å². The average molecular weight is 410 g/mol. The van der Waals surface area contributed by atoms with Gasteiger partial charge >= 0.3 is 0 Å². The molecule has 0 aliphatic carbocycles. The van der Waals surface area contributed by atoms with Gasteiger partial charge < -0.3 is 11.1 Å². The van der Waals surface area contributed by atoms with Gasteiger partial charge in [-0.25, -0.2) is 0 Å². The van der Waals surface area contributed by atoms with Crippen molar-refractivity contribution in [3.8, 4) is 0 Å². The van der Waals surface area contributed by atoms with Crippen LogP contribution in [0.4, 0.5) is 0 Å². The number of hydrogen-bond acceptors (Lipinski definition) is 3. The minimum atomic E-state index is -0.286. The number of rotatable bonds is 15. The number of halogens is 1. The first-order chi connectivity index (χ1) is 12.1. The van der Waals surface area contributed by atoms with Gasteiger partial charge in [-0.3, -0.25) is 18.9 Å². The lowest BCUT2D eigenvalue weighted by Crippen LogP contribution is -2.40. The highest BCUT2D eigenvalue weighted by Crippen LogP contribution is 2.48. The first-order valence-corrected chi connectivity index (χ1v) is 11.3. The molecule has 8 heteroatoms. The van der Waals surface area contributed by atoms with Gasteiger partial charge in [0.05, 0.1) is 0 Å². The third-order valence-corrected chi connectivity index (χ3v) is 6.37. The van der Waals surface area contributed by atoms with Crippen LogP contribution in [-0.2, 0) is 0 Å². The van der Waals surface area contributed by atoms with Crippen molar-refractivity contribution in [3.63, 3.8) is 0 Å². The summed E-state index contributed by atoms with van der Waals surface area (Å²) in [7, 11) is -0.286. The Morgan fingerprint density at radius 2 is 0.692 bits per heavy atom. The summed E-state index contributed by atoms with van der Waals surface area (Å²) in [4.78, 5) is 1.50. The Balaban J connectivity index is -0.00000123. The summed E-state index contributed by atoms with van der Waals surface area (Å²) < 4.78 is 8.39. The second-order valence-electron chi connectivity index (χ2n) is 6.22. The fourth-order valence-electron chi connectivity index (χ4n) is 2.96. The zero-order valence-electron chi connectivity index (χ0n) is 18.0. The van der Waals surface area contributed by atoms with Crippen molar-refractivity contribution in [2.24, 2.45) is 0 Å². The Labute approximate surface area is 170 Å². The molecule has 0 amide bonds. The molecule has 0 atom stereocenters. The topological polar surface area (TPSA) is 68.4 Å². The van der Waals surface area contributed by atoms with Gasteiger partial charge in [-0.15, -0.1) is 12.4 Å². The third-order valence-electron chi connectivity index (χ3n) is 3.65. The van der Waals surface area contributed by atoms with Crippen LogP contribution in [0.2, 0.25) is 0 Å². The molecule has 0 N–H and O–H groups in total. The second kappa shape index (κ2) is 23.0. The maximum absolute atomic E-state index is 6.75. The molecule has 0 unspecified atom stereocenters. The van der Waals surface area contributed by atoms with Crippen molar-refractivity contribution in [3.05, 3.63) is 16.0 Å². The van der Waals surface area contributed by atoms with Crippen LogP contribution in [0.3, 0.4) is 0 Å². The van der Waals surface area contributed by atoms with Gasteiger partial charge in [0.25, 0.3) is 0 Å². The average Bonchev–Trinajstić information content (AvgIpc) is 2.57. The summed E-state index contributed by atoms with van der Waals surface area (Å²) in [6.07, 6.45) is 7.57. The molecular weight excluding hydrogens is 367 g/mol. The van der Waals surface area contributed by atoms with Crippen LogP contribution in [0.15, 0.2) is 0 Å². The van der Waals surface area contributed by atoms with Gasteiger partial charge in [0.15, 0.2) is 0 Å². The van der Waals surface area contributed by atoms with E-state index in [1.54, 1.807) is 0 Å².